The fourth-order valence-corrected chi connectivity index (χ4v) is 2.20. The Morgan fingerprint density at radius 1 is 1.45 bits per heavy atom. The molecule has 1 saturated heterocycles. The highest BCUT2D eigenvalue weighted by molar-refractivity contribution is 5.72. The predicted molar refractivity (Wildman–Crippen MR) is 70.9 cm³/mol. The number of nitrogens with two attached hydrogens (primary N) is 1. The van der Waals surface area contributed by atoms with Crippen molar-refractivity contribution in [1.82, 2.24) is 4.90 Å². The molecule has 0 saturated carbocycles. The number of urea groups is 1. The van der Waals surface area contributed by atoms with E-state index in [0.717, 1.165) is 12.1 Å². The molecule has 7 nitrogen and oxygen atoms in total. The number of rotatable bonds is 3. The van der Waals surface area contributed by atoms with Crippen LogP contribution in [0.25, 0.3) is 0 Å². The summed E-state index contributed by atoms with van der Waals surface area (Å²) in [5.74, 6) is -0.534. The Kier molecular flexibility index (Phi) is 4.02. The summed E-state index contributed by atoms with van der Waals surface area (Å²) in [5.41, 5.74) is 5.12. The first-order valence-corrected chi connectivity index (χ1v) is 6.22. The first kappa shape index (κ1) is 14.0. The second kappa shape index (κ2) is 5.72. The summed E-state index contributed by atoms with van der Waals surface area (Å²) in [4.78, 5) is 22.6. The highest BCUT2D eigenvalue weighted by atomic mass is 19.1. The van der Waals surface area contributed by atoms with E-state index < -0.39 is 16.8 Å². The zero-order chi connectivity index (χ0) is 14.7. The second-order valence-electron chi connectivity index (χ2n) is 4.67. The minimum Gasteiger partial charge on any atom is -0.380 e. The number of primary amides is 1. The number of carbonyl (C=O) groups is 1. The molecule has 2 amide bonds. The summed E-state index contributed by atoms with van der Waals surface area (Å²) in [7, 11) is 0. The molecule has 2 rings (SSSR count). The van der Waals surface area contributed by atoms with Crippen LogP contribution in [-0.2, 0) is 0 Å². The van der Waals surface area contributed by atoms with Crippen molar-refractivity contribution in [2.75, 3.05) is 18.4 Å². The Hall–Kier alpha value is -2.38. The molecular weight excluding hydrogens is 267 g/mol. The molecule has 0 atom stereocenters. The van der Waals surface area contributed by atoms with Crippen LogP contribution in [0.4, 0.5) is 20.6 Å². The molecule has 108 valence electrons. The molecule has 0 spiro atoms. The van der Waals surface area contributed by atoms with E-state index in [4.69, 9.17) is 5.73 Å². The van der Waals surface area contributed by atoms with E-state index >= 15 is 0 Å². The Bertz CT molecular complexity index is 529. The van der Waals surface area contributed by atoms with Crippen molar-refractivity contribution in [3.05, 3.63) is 34.1 Å². The van der Waals surface area contributed by atoms with Crippen LogP contribution in [0, 0.1) is 15.9 Å². The number of anilines is 1. The zero-order valence-corrected chi connectivity index (χ0v) is 10.7. The van der Waals surface area contributed by atoms with Crippen LogP contribution in [0.1, 0.15) is 12.8 Å². The minimum atomic E-state index is -0.569. The lowest BCUT2D eigenvalue weighted by Gasteiger charge is -2.31. The van der Waals surface area contributed by atoms with Gasteiger partial charge in [-0.2, -0.15) is 0 Å². The summed E-state index contributed by atoms with van der Waals surface area (Å²) in [6, 6.07) is 2.86. The summed E-state index contributed by atoms with van der Waals surface area (Å²) < 4.78 is 13.6. The van der Waals surface area contributed by atoms with Crippen LogP contribution in [0.15, 0.2) is 18.2 Å². The number of nitro benzene ring substituents is 1. The van der Waals surface area contributed by atoms with E-state index in [1.807, 2.05) is 0 Å². The number of nitro groups is 1. The Morgan fingerprint density at radius 2 is 2.10 bits per heavy atom. The molecule has 0 aromatic heterocycles. The fraction of sp³-hybridized carbons (Fsp3) is 0.417. The van der Waals surface area contributed by atoms with E-state index in [1.165, 1.54) is 11.0 Å². The molecule has 1 aromatic carbocycles. The monoisotopic (exact) mass is 282 g/mol. The Labute approximate surface area is 114 Å². The Morgan fingerprint density at radius 3 is 2.65 bits per heavy atom. The normalized spacial score (nSPS) is 15.9. The van der Waals surface area contributed by atoms with E-state index in [0.29, 0.717) is 25.9 Å². The first-order valence-electron chi connectivity index (χ1n) is 6.22. The number of non-ortho nitro benzene ring substituents is 1. The minimum absolute atomic E-state index is 0.0397. The van der Waals surface area contributed by atoms with Gasteiger partial charge in [-0.05, 0) is 18.9 Å². The number of likely N-dealkylation sites (tertiary alicyclic amines) is 1. The van der Waals surface area contributed by atoms with Gasteiger partial charge in [0.15, 0.2) is 0 Å². The van der Waals surface area contributed by atoms with Crippen LogP contribution in [0.2, 0.25) is 0 Å². The number of halogens is 1. The van der Waals surface area contributed by atoms with E-state index in [2.05, 4.69) is 5.32 Å². The van der Waals surface area contributed by atoms with Gasteiger partial charge in [-0.1, -0.05) is 0 Å². The van der Waals surface area contributed by atoms with Crippen molar-refractivity contribution < 1.29 is 14.1 Å². The molecular formula is C12H15FN4O3. The van der Waals surface area contributed by atoms with Gasteiger partial charge in [0, 0.05) is 31.3 Å². The van der Waals surface area contributed by atoms with Gasteiger partial charge in [0.25, 0.3) is 5.69 Å². The SMILES string of the molecule is NC(=O)N1CCC(Nc2cc([N+](=O)[O-])ccc2F)CC1. The smallest absolute Gasteiger partial charge is 0.314 e. The third-order valence-corrected chi connectivity index (χ3v) is 3.33. The Balaban J connectivity index is 2.02. The van der Waals surface area contributed by atoms with Gasteiger partial charge in [-0.3, -0.25) is 10.1 Å². The molecule has 0 bridgehead atoms. The van der Waals surface area contributed by atoms with E-state index in [9.17, 15) is 19.3 Å². The maximum absolute atomic E-state index is 13.6. The number of nitrogens with zero attached hydrogens (tertiary/aromatic N) is 2. The van der Waals surface area contributed by atoms with E-state index in [1.54, 1.807) is 0 Å². The zero-order valence-electron chi connectivity index (χ0n) is 10.7. The molecule has 1 fully saturated rings. The van der Waals surface area contributed by atoms with Gasteiger partial charge in [0.1, 0.15) is 5.82 Å². The molecule has 8 heteroatoms. The van der Waals surface area contributed by atoms with Crippen LogP contribution in [0.5, 0.6) is 0 Å². The van der Waals surface area contributed by atoms with Crippen LogP contribution in [0.3, 0.4) is 0 Å². The summed E-state index contributed by atoms with van der Waals surface area (Å²) >= 11 is 0. The number of nitrogens with one attached hydrogen (secondary N) is 1. The van der Waals surface area contributed by atoms with Gasteiger partial charge in [0.05, 0.1) is 10.6 Å². The van der Waals surface area contributed by atoms with Gasteiger partial charge < -0.3 is 16.0 Å². The average molecular weight is 282 g/mol. The van der Waals surface area contributed by atoms with Crippen molar-refractivity contribution in [1.29, 1.82) is 0 Å². The molecule has 0 unspecified atom stereocenters. The number of amides is 2. The lowest BCUT2D eigenvalue weighted by Crippen LogP contribution is -2.44. The van der Waals surface area contributed by atoms with Crippen LogP contribution in [-0.4, -0.2) is 35.0 Å². The van der Waals surface area contributed by atoms with Crippen LogP contribution >= 0.6 is 0 Å². The quantitative estimate of drug-likeness (QED) is 0.650. The van der Waals surface area contributed by atoms with Crippen molar-refractivity contribution in [3.8, 4) is 0 Å². The number of hydrogen-bond acceptors (Lipinski definition) is 4. The number of carbonyl (C=O) groups excluding carboxylic acids is 1. The average Bonchev–Trinajstić information content (AvgIpc) is 2.41. The largest absolute Gasteiger partial charge is 0.380 e. The topological polar surface area (TPSA) is 102 Å². The van der Waals surface area contributed by atoms with Gasteiger partial charge in [0.2, 0.25) is 0 Å². The van der Waals surface area contributed by atoms with Crippen molar-refractivity contribution in [2.45, 2.75) is 18.9 Å². The predicted octanol–water partition coefficient (Wildman–Crippen LogP) is 1.69. The summed E-state index contributed by atoms with van der Waals surface area (Å²) in [5, 5.41) is 13.6. The molecule has 1 aliphatic heterocycles. The molecule has 1 aliphatic rings. The standard InChI is InChI=1S/C12H15FN4O3/c13-10-2-1-9(17(19)20)7-11(10)15-8-3-5-16(6-4-8)12(14)18/h1-2,7-8,15H,3-6H2,(H2,14,18). The number of hydrogen-bond donors (Lipinski definition) is 2. The molecule has 1 heterocycles. The molecule has 0 radical (unpaired) electrons. The van der Waals surface area contributed by atoms with Gasteiger partial charge in [-0.25, -0.2) is 9.18 Å². The van der Waals surface area contributed by atoms with Gasteiger partial charge >= 0.3 is 6.03 Å². The number of piperidine rings is 1. The second-order valence-corrected chi connectivity index (χ2v) is 4.67. The lowest BCUT2D eigenvalue weighted by molar-refractivity contribution is -0.384. The third kappa shape index (κ3) is 3.14. The summed E-state index contributed by atoms with van der Waals surface area (Å²) in [6.07, 6.45) is 1.23. The third-order valence-electron chi connectivity index (χ3n) is 3.33. The molecule has 3 N–H and O–H groups in total. The lowest BCUT2D eigenvalue weighted by atomic mass is 10.0. The highest BCUT2D eigenvalue weighted by Crippen LogP contribution is 2.24. The molecule has 1 aromatic rings. The van der Waals surface area contributed by atoms with Crippen molar-refractivity contribution >= 4 is 17.4 Å². The highest BCUT2D eigenvalue weighted by Gasteiger charge is 2.22. The number of benzene rings is 1. The first-order chi connectivity index (χ1) is 9.47. The van der Waals surface area contributed by atoms with Crippen molar-refractivity contribution in [3.63, 3.8) is 0 Å². The van der Waals surface area contributed by atoms with E-state index in [-0.39, 0.29) is 17.4 Å². The van der Waals surface area contributed by atoms with Gasteiger partial charge in [-0.15, -0.1) is 0 Å². The van der Waals surface area contributed by atoms with Crippen LogP contribution < -0.4 is 11.1 Å². The maximum atomic E-state index is 13.6. The summed E-state index contributed by atoms with van der Waals surface area (Å²) in [6.45, 7) is 0.979. The fourth-order valence-electron chi connectivity index (χ4n) is 2.20. The van der Waals surface area contributed by atoms with Crippen molar-refractivity contribution in [2.24, 2.45) is 5.73 Å². The maximum Gasteiger partial charge on any atom is 0.314 e. The molecule has 20 heavy (non-hydrogen) atoms. The molecule has 0 aliphatic carbocycles.